The van der Waals surface area contributed by atoms with Crippen molar-refractivity contribution in [3.8, 4) is 0 Å². The summed E-state index contributed by atoms with van der Waals surface area (Å²) in [5.41, 5.74) is 5.76. The summed E-state index contributed by atoms with van der Waals surface area (Å²) in [4.78, 5) is 14.7. The van der Waals surface area contributed by atoms with Crippen LogP contribution in [0.15, 0.2) is 41.3 Å². The number of aryl methyl sites for hydroxylation is 2. The van der Waals surface area contributed by atoms with E-state index in [9.17, 15) is 13.2 Å². The first-order valence-electron chi connectivity index (χ1n) is 10.1. The van der Waals surface area contributed by atoms with Crippen LogP contribution < -0.4 is 15.4 Å². The van der Waals surface area contributed by atoms with E-state index in [-0.39, 0.29) is 23.4 Å². The Morgan fingerprint density at radius 2 is 1.79 bits per heavy atom. The van der Waals surface area contributed by atoms with E-state index in [0.29, 0.717) is 6.54 Å². The second kappa shape index (κ2) is 7.80. The van der Waals surface area contributed by atoms with Crippen LogP contribution in [-0.2, 0) is 34.1 Å². The Morgan fingerprint density at radius 1 is 1.07 bits per heavy atom. The summed E-state index contributed by atoms with van der Waals surface area (Å²) in [6.07, 6.45) is 5.52. The molecule has 6 nitrogen and oxygen atoms in total. The van der Waals surface area contributed by atoms with Crippen molar-refractivity contribution < 1.29 is 13.2 Å². The van der Waals surface area contributed by atoms with Crippen LogP contribution in [0.4, 0.5) is 5.69 Å². The van der Waals surface area contributed by atoms with Crippen LogP contribution in [0.1, 0.15) is 48.1 Å². The van der Waals surface area contributed by atoms with Crippen molar-refractivity contribution in [2.24, 2.45) is 5.14 Å². The standard InChI is InChI=1S/C22H27N3O3S/c1-15(18-7-6-16-4-2-3-5-19(16)12-18)24-22(26)14-25-11-10-17-8-9-20(13-21(17)25)29(23,27)28/h6-9,12-13,15H,2-5,10-11,14H2,1H3,(H,24,26)(H2,23,27,28). The number of anilines is 1. The molecule has 1 aliphatic carbocycles. The van der Waals surface area contributed by atoms with Gasteiger partial charge in [0.25, 0.3) is 0 Å². The molecule has 0 aromatic heterocycles. The van der Waals surface area contributed by atoms with Crippen LogP contribution in [0, 0.1) is 0 Å². The van der Waals surface area contributed by atoms with Gasteiger partial charge in [0.15, 0.2) is 0 Å². The average Bonchev–Trinajstić information content (AvgIpc) is 3.09. The second-order valence-electron chi connectivity index (χ2n) is 8.03. The van der Waals surface area contributed by atoms with E-state index in [0.717, 1.165) is 36.1 Å². The van der Waals surface area contributed by atoms with E-state index in [1.165, 1.54) is 30.0 Å². The highest BCUT2D eigenvalue weighted by Gasteiger charge is 2.24. The van der Waals surface area contributed by atoms with E-state index in [1.54, 1.807) is 12.1 Å². The summed E-state index contributed by atoms with van der Waals surface area (Å²) in [7, 11) is -3.77. The first kappa shape index (κ1) is 19.9. The maximum atomic E-state index is 12.7. The lowest BCUT2D eigenvalue weighted by Crippen LogP contribution is -2.37. The molecular weight excluding hydrogens is 386 g/mol. The number of nitrogens with zero attached hydrogens (tertiary/aromatic N) is 1. The van der Waals surface area contributed by atoms with Crippen LogP contribution in [0.2, 0.25) is 0 Å². The third kappa shape index (κ3) is 4.31. The molecular formula is C22H27N3O3S. The molecule has 2 aromatic rings. The van der Waals surface area contributed by atoms with Gasteiger partial charge in [-0.15, -0.1) is 0 Å². The molecule has 4 rings (SSSR count). The lowest BCUT2D eigenvalue weighted by atomic mass is 9.89. The number of sulfonamides is 1. The number of carbonyl (C=O) groups is 1. The number of nitrogens with two attached hydrogens (primary N) is 1. The van der Waals surface area contributed by atoms with Gasteiger partial charge in [0.05, 0.1) is 17.5 Å². The maximum absolute atomic E-state index is 12.7. The summed E-state index contributed by atoms with van der Waals surface area (Å²) >= 11 is 0. The number of fused-ring (bicyclic) bond motifs is 2. The zero-order valence-electron chi connectivity index (χ0n) is 16.6. The monoisotopic (exact) mass is 413 g/mol. The van der Waals surface area contributed by atoms with Crippen LogP contribution >= 0.6 is 0 Å². The molecule has 29 heavy (non-hydrogen) atoms. The lowest BCUT2D eigenvalue weighted by molar-refractivity contribution is -0.120. The van der Waals surface area contributed by atoms with E-state index < -0.39 is 10.0 Å². The number of rotatable bonds is 5. The van der Waals surface area contributed by atoms with Crippen LogP contribution in [-0.4, -0.2) is 27.4 Å². The highest BCUT2D eigenvalue weighted by atomic mass is 32.2. The first-order chi connectivity index (χ1) is 13.8. The Balaban J connectivity index is 1.43. The third-order valence-electron chi connectivity index (χ3n) is 5.96. The third-order valence-corrected chi connectivity index (χ3v) is 6.87. The van der Waals surface area contributed by atoms with Gasteiger partial charge in [0.2, 0.25) is 15.9 Å². The number of benzene rings is 2. The molecule has 0 spiro atoms. The molecule has 0 fully saturated rings. The average molecular weight is 414 g/mol. The van der Waals surface area contributed by atoms with Crippen LogP contribution in [0.5, 0.6) is 0 Å². The molecule has 2 aromatic carbocycles. The normalized spacial score (nSPS) is 16.8. The molecule has 1 unspecified atom stereocenters. The molecule has 1 amide bonds. The summed E-state index contributed by atoms with van der Waals surface area (Å²) in [5, 5.41) is 8.33. The molecule has 2 aliphatic rings. The fraction of sp³-hybridized carbons (Fsp3) is 0.409. The minimum atomic E-state index is -3.77. The number of amides is 1. The number of nitrogens with one attached hydrogen (secondary N) is 1. The predicted octanol–water partition coefficient (Wildman–Crippen LogP) is 2.45. The first-order valence-corrected chi connectivity index (χ1v) is 11.7. The number of carbonyl (C=O) groups excluding carboxylic acids is 1. The van der Waals surface area contributed by atoms with Gasteiger partial charge in [0.1, 0.15) is 0 Å². The molecule has 3 N–H and O–H groups in total. The fourth-order valence-corrected chi connectivity index (χ4v) is 4.87. The van der Waals surface area contributed by atoms with Gasteiger partial charge in [-0.2, -0.15) is 0 Å². The zero-order valence-corrected chi connectivity index (χ0v) is 17.5. The molecule has 1 aliphatic heterocycles. The smallest absolute Gasteiger partial charge is 0.239 e. The van der Waals surface area contributed by atoms with Crippen molar-refractivity contribution in [2.45, 2.75) is 50.0 Å². The summed E-state index contributed by atoms with van der Waals surface area (Å²) in [5.74, 6) is -0.0796. The molecule has 0 bridgehead atoms. The molecule has 7 heteroatoms. The summed E-state index contributed by atoms with van der Waals surface area (Å²) < 4.78 is 23.3. The van der Waals surface area contributed by atoms with Crippen molar-refractivity contribution in [2.75, 3.05) is 18.0 Å². The SMILES string of the molecule is CC(NC(=O)CN1CCc2ccc(S(N)(=O)=O)cc21)c1ccc2c(c1)CCCC2. The van der Waals surface area contributed by atoms with Gasteiger partial charge in [-0.1, -0.05) is 24.3 Å². The van der Waals surface area contributed by atoms with E-state index >= 15 is 0 Å². The summed E-state index contributed by atoms with van der Waals surface area (Å²) in [6.45, 7) is 2.87. The Kier molecular flexibility index (Phi) is 5.36. The highest BCUT2D eigenvalue weighted by Crippen LogP contribution is 2.30. The van der Waals surface area contributed by atoms with Gasteiger partial charge in [-0.25, -0.2) is 13.6 Å². The Bertz CT molecular complexity index is 1050. The van der Waals surface area contributed by atoms with Crippen LogP contribution in [0.25, 0.3) is 0 Å². The quantitative estimate of drug-likeness (QED) is 0.788. The molecule has 1 heterocycles. The predicted molar refractivity (Wildman–Crippen MR) is 113 cm³/mol. The number of hydrogen-bond donors (Lipinski definition) is 2. The van der Waals surface area contributed by atoms with E-state index in [4.69, 9.17) is 5.14 Å². The molecule has 1 atom stereocenters. The van der Waals surface area contributed by atoms with E-state index in [1.807, 2.05) is 11.8 Å². The summed E-state index contributed by atoms with van der Waals surface area (Å²) in [6, 6.07) is 11.3. The Hall–Kier alpha value is -2.38. The Labute approximate surface area is 172 Å². The van der Waals surface area contributed by atoms with Gasteiger partial charge in [-0.3, -0.25) is 4.79 Å². The molecule has 154 valence electrons. The minimum Gasteiger partial charge on any atom is -0.362 e. The van der Waals surface area contributed by atoms with Crippen LogP contribution in [0.3, 0.4) is 0 Å². The van der Waals surface area contributed by atoms with Crippen molar-refractivity contribution in [1.82, 2.24) is 5.32 Å². The number of primary sulfonamides is 1. The maximum Gasteiger partial charge on any atom is 0.239 e. The molecule has 0 saturated heterocycles. The van der Waals surface area contributed by atoms with Crippen molar-refractivity contribution in [3.63, 3.8) is 0 Å². The largest absolute Gasteiger partial charge is 0.362 e. The molecule has 0 radical (unpaired) electrons. The lowest BCUT2D eigenvalue weighted by Gasteiger charge is -2.23. The number of hydrogen-bond acceptors (Lipinski definition) is 4. The van der Waals surface area contributed by atoms with Gasteiger partial charge >= 0.3 is 0 Å². The Morgan fingerprint density at radius 3 is 2.55 bits per heavy atom. The van der Waals surface area contributed by atoms with Gasteiger partial charge < -0.3 is 10.2 Å². The minimum absolute atomic E-state index is 0.0750. The van der Waals surface area contributed by atoms with Crippen molar-refractivity contribution in [3.05, 3.63) is 58.7 Å². The van der Waals surface area contributed by atoms with Gasteiger partial charge in [0, 0.05) is 12.2 Å². The van der Waals surface area contributed by atoms with Crippen molar-refractivity contribution >= 4 is 21.6 Å². The zero-order chi connectivity index (χ0) is 20.6. The topological polar surface area (TPSA) is 92.5 Å². The fourth-order valence-electron chi connectivity index (χ4n) is 4.33. The molecule has 0 saturated carbocycles. The van der Waals surface area contributed by atoms with E-state index in [2.05, 4.69) is 23.5 Å². The van der Waals surface area contributed by atoms with Gasteiger partial charge in [-0.05, 0) is 73.4 Å². The highest BCUT2D eigenvalue weighted by molar-refractivity contribution is 7.89. The van der Waals surface area contributed by atoms with Crippen molar-refractivity contribution in [1.29, 1.82) is 0 Å². The second-order valence-corrected chi connectivity index (χ2v) is 9.59.